The second kappa shape index (κ2) is 8.66. The summed E-state index contributed by atoms with van der Waals surface area (Å²) in [5.41, 5.74) is 2.76. The van der Waals surface area contributed by atoms with E-state index in [-0.39, 0.29) is 17.6 Å². The van der Waals surface area contributed by atoms with Crippen molar-refractivity contribution in [2.75, 3.05) is 18.0 Å². The molecule has 1 fully saturated rings. The van der Waals surface area contributed by atoms with Crippen molar-refractivity contribution in [1.82, 2.24) is 15.1 Å². The predicted molar refractivity (Wildman–Crippen MR) is 108 cm³/mol. The van der Waals surface area contributed by atoms with Gasteiger partial charge in [-0.15, -0.1) is 0 Å². The molecular weight excluding hydrogens is 353 g/mol. The van der Waals surface area contributed by atoms with E-state index in [2.05, 4.69) is 53.8 Å². The van der Waals surface area contributed by atoms with Crippen molar-refractivity contribution in [2.45, 2.75) is 52.7 Å². The molecule has 28 heavy (non-hydrogen) atoms. The molecule has 148 valence electrons. The van der Waals surface area contributed by atoms with Crippen molar-refractivity contribution < 1.29 is 4.39 Å². The van der Waals surface area contributed by atoms with Crippen LogP contribution in [-0.2, 0) is 13.0 Å². The zero-order valence-corrected chi connectivity index (χ0v) is 17.1. The Labute approximate surface area is 166 Å². The van der Waals surface area contributed by atoms with Crippen LogP contribution in [-0.4, -0.2) is 40.3 Å². The lowest BCUT2D eigenvalue weighted by molar-refractivity contribution is 0.155. The van der Waals surface area contributed by atoms with E-state index in [1.54, 1.807) is 6.20 Å². The zero-order chi connectivity index (χ0) is 20.3. The number of rotatable bonds is 5. The van der Waals surface area contributed by atoms with Crippen LogP contribution in [0.3, 0.4) is 0 Å². The molecule has 0 amide bonds. The molecule has 2 unspecified atom stereocenters. The van der Waals surface area contributed by atoms with Crippen molar-refractivity contribution in [1.29, 1.82) is 5.26 Å². The summed E-state index contributed by atoms with van der Waals surface area (Å²) >= 11 is 0. The summed E-state index contributed by atoms with van der Waals surface area (Å²) in [5, 5.41) is 17.7. The minimum atomic E-state index is -0.419. The van der Waals surface area contributed by atoms with Gasteiger partial charge in [0.25, 0.3) is 0 Å². The predicted octanol–water partition coefficient (Wildman–Crippen LogP) is 3.79. The summed E-state index contributed by atoms with van der Waals surface area (Å²) < 4.78 is 14.6. The molecule has 2 aromatic rings. The van der Waals surface area contributed by atoms with E-state index in [0.717, 1.165) is 43.0 Å². The van der Waals surface area contributed by atoms with Gasteiger partial charge in [-0.1, -0.05) is 13.8 Å². The SMILES string of the molecule is CC(C)Cc1cc(F)c(C#N)c(N2CC(C)N(Cc3cccnn3)CC2C)c1. The summed E-state index contributed by atoms with van der Waals surface area (Å²) in [6, 6.07) is 9.89. The molecular formula is C22H28FN5. The molecule has 6 heteroatoms. The van der Waals surface area contributed by atoms with E-state index in [0.29, 0.717) is 5.92 Å². The van der Waals surface area contributed by atoms with Gasteiger partial charge in [-0.3, -0.25) is 4.90 Å². The van der Waals surface area contributed by atoms with E-state index in [9.17, 15) is 9.65 Å². The Morgan fingerprint density at radius 1 is 1.25 bits per heavy atom. The van der Waals surface area contributed by atoms with Gasteiger partial charge in [0, 0.05) is 37.9 Å². The number of halogens is 1. The molecule has 5 nitrogen and oxygen atoms in total. The molecule has 2 heterocycles. The maximum atomic E-state index is 14.6. The second-order valence-corrected chi connectivity index (χ2v) is 8.18. The van der Waals surface area contributed by atoms with Gasteiger partial charge in [0.15, 0.2) is 0 Å². The van der Waals surface area contributed by atoms with Gasteiger partial charge in [0.2, 0.25) is 0 Å². The summed E-state index contributed by atoms with van der Waals surface area (Å²) in [4.78, 5) is 4.55. The molecule has 1 aromatic heterocycles. The smallest absolute Gasteiger partial charge is 0.143 e. The number of benzene rings is 1. The largest absolute Gasteiger partial charge is 0.365 e. The van der Waals surface area contributed by atoms with Gasteiger partial charge >= 0.3 is 0 Å². The lowest BCUT2D eigenvalue weighted by Crippen LogP contribution is -2.56. The molecule has 0 bridgehead atoms. The zero-order valence-electron chi connectivity index (χ0n) is 17.1. The van der Waals surface area contributed by atoms with Crippen molar-refractivity contribution in [3.8, 4) is 6.07 Å². The van der Waals surface area contributed by atoms with Gasteiger partial charge < -0.3 is 4.90 Å². The summed E-state index contributed by atoms with van der Waals surface area (Å²) in [6.45, 7) is 10.8. The third kappa shape index (κ3) is 4.48. The van der Waals surface area contributed by atoms with E-state index in [1.807, 2.05) is 18.2 Å². The minimum Gasteiger partial charge on any atom is -0.365 e. The summed E-state index contributed by atoms with van der Waals surface area (Å²) in [6.07, 6.45) is 2.47. The van der Waals surface area contributed by atoms with Crippen LogP contribution < -0.4 is 4.90 Å². The first-order chi connectivity index (χ1) is 13.4. The van der Waals surface area contributed by atoms with Crippen molar-refractivity contribution >= 4 is 5.69 Å². The third-order valence-corrected chi connectivity index (χ3v) is 5.30. The Kier molecular flexibility index (Phi) is 6.25. The fraction of sp³-hybridized carbons (Fsp3) is 0.500. The average Bonchev–Trinajstić information content (AvgIpc) is 2.64. The second-order valence-electron chi connectivity index (χ2n) is 8.18. The van der Waals surface area contributed by atoms with Gasteiger partial charge in [-0.05, 0) is 56.0 Å². The molecule has 0 N–H and O–H groups in total. The number of nitrogens with zero attached hydrogens (tertiary/aromatic N) is 5. The highest BCUT2D eigenvalue weighted by atomic mass is 19.1. The van der Waals surface area contributed by atoms with Crippen molar-refractivity contribution in [3.05, 3.63) is 53.1 Å². The van der Waals surface area contributed by atoms with Gasteiger partial charge in [0.1, 0.15) is 17.4 Å². The van der Waals surface area contributed by atoms with Crippen LogP contribution in [0.1, 0.15) is 44.5 Å². The van der Waals surface area contributed by atoms with Gasteiger partial charge in [0.05, 0.1) is 11.4 Å². The summed E-state index contributed by atoms with van der Waals surface area (Å²) in [7, 11) is 0. The molecule has 0 radical (unpaired) electrons. The Hall–Kier alpha value is -2.52. The van der Waals surface area contributed by atoms with Crippen LogP contribution in [0.4, 0.5) is 10.1 Å². The first-order valence-electron chi connectivity index (χ1n) is 9.88. The molecule has 3 rings (SSSR count). The fourth-order valence-electron chi connectivity index (χ4n) is 3.95. The van der Waals surface area contributed by atoms with Crippen molar-refractivity contribution in [2.24, 2.45) is 5.92 Å². The minimum absolute atomic E-state index is 0.147. The monoisotopic (exact) mass is 381 g/mol. The maximum Gasteiger partial charge on any atom is 0.143 e. The Bertz CT molecular complexity index is 846. The topological polar surface area (TPSA) is 56.1 Å². The van der Waals surface area contributed by atoms with Gasteiger partial charge in [-0.2, -0.15) is 15.5 Å². The molecule has 0 aliphatic carbocycles. The Balaban J connectivity index is 1.84. The number of anilines is 1. The average molecular weight is 381 g/mol. The first kappa shape index (κ1) is 20.2. The van der Waals surface area contributed by atoms with E-state index >= 15 is 0 Å². The van der Waals surface area contributed by atoms with Crippen molar-refractivity contribution in [3.63, 3.8) is 0 Å². The Morgan fingerprint density at radius 2 is 2.04 bits per heavy atom. The number of hydrogen-bond acceptors (Lipinski definition) is 5. The normalized spacial score (nSPS) is 20.4. The number of hydrogen-bond donors (Lipinski definition) is 0. The van der Waals surface area contributed by atoms with E-state index < -0.39 is 5.82 Å². The molecule has 1 aromatic carbocycles. The van der Waals surface area contributed by atoms with E-state index in [1.165, 1.54) is 6.07 Å². The molecule has 1 aliphatic rings. The molecule has 0 saturated carbocycles. The molecule has 0 spiro atoms. The fourth-order valence-corrected chi connectivity index (χ4v) is 3.95. The Morgan fingerprint density at radius 3 is 2.68 bits per heavy atom. The maximum absolute atomic E-state index is 14.6. The van der Waals surface area contributed by atoms with Crippen LogP contribution in [0.25, 0.3) is 0 Å². The first-order valence-corrected chi connectivity index (χ1v) is 9.88. The molecule has 1 aliphatic heterocycles. The number of aromatic nitrogens is 2. The highest BCUT2D eigenvalue weighted by molar-refractivity contribution is 5.62. The van der Waals surface area contributed by atoms with Crippen LogP contribution in [0, 0.1) is 23.1 Å². The molecule has 2 atom stereocenters. The molecule has 1 saturated heterocycles. The lowest BCUT2D eigenvalue weighted by atomic mass is 9.98. The number of piperazine rings is 1. The highest BCUT2D eigenvalue weighted by Gasteiger charge is 2.31. The standard InChI is InChI=1S/C22H28FN5/c1-15(2)8-18-9-21(23)20(11-24)22(10-18)28-13-16(3)27(12-17(28)4)14-19-6-5-7-25-26-19/h5-7,9-10,15-17H,8,12-14H2,1-4H3. The third-order valence-electron chi connectivity index (χ3n) is 5.30. The summed E-state index contributed by atoms with van der Waals surface area (Å²) in [5.74, 6) is 0.0119. The quantitative estimate of drug-likeness (QED) is 0.789. The van der Waals surface area contributed by atoms with E-state index in [4.69, 9.17) is 0 Å². The van der Waals surface area contributed by atoms with Crippen LogP contribution in [0.5, 0.6) is 0 Å². The lowest BCUT2D eigenvalue weighted by Gasteiger charge is -2.45. The van der Waals surface area contributed by atoms with Crippen LogP contribution in [0.15, 0.2) is 30.5 Å². The van der Waals surface area contributed by atoms with Crippen LogP contribution in [0.2, 0.25) is 0 Å². The van der Waals surface area contributed by atoms with Gasteiger partial charge in [-0.25, -0.2) is 4.39 Å². The van der Waals surface area contributed by atoms with Crippen LogP contribution >= 0.6 is 0 Å². The highest BCUT2D eigenvalue weighted by Crippen LogP contribution is 2.30. The number of nitriles is 1.